The van der Waals surface area contributed by atoms with Crippen molar-refractivity contribution < 1.29 is 4.79 Å². The Morgan fingerprint density at radius 2 is 0.756 bits per heavy atom. The van der Waals surface area contributed by atoms with Crippen molar-refractivity contribution in [2.75, 3.05) is 0 Å². The molecule has 0 spiro atoms. The number of rotatable bonds is 2. The molecule has 8 bridgehead atoms. The van der Waals surface area contributed by atoms with Gasteiger partial charge >= 0.3 is 0 Å². The molecule has 9 heteroatoms. The third-order valence-corrected chi connectivity index (χ3v) is 7.87. The average molecular weight is 587 g/mol. The van der Waals surface area contributed by atoms with Crippen molar-refractivity contribution in [1.29, 1.82) is 0 Å². The third-order valence-electron chi connectivity index (χ3n) is 7.87. The number of aldehydes is 1. The van der Waals surface area contributed by atoms with Crippen molar-refractivity contribution in [3.8, 4) is 45.6 Å². The molecule has 216 valence electrons. The molecule has 0 radical (unpaired) electrons. The Labute approximate surface area is 257 Å². The van der Waals surface area contributed by atoms with E-state index in [0.29, 0.717) is 52.3 Å². The summed E-state index contributed by atoms with van der Waals surface area (Å²) in [6.07, 6.45) is 2.61. The first-order valence-corrected chi connectivity index (χ1v) is 14.8. The number of carbonyl (C=O) groups excluding carboxylic acids is 1. The number of hydrogen-bond acceptors (Lipinski definition) is 7. The van der Waals surface area contributed by atoms with E-state index < -0.39 is 0 Å². The molecule has 0 atom stereocenters. The predicted molar refractivity (Wildman–Crippen MR) is 177 cm³/mol. The minimum Gasteiger partial charge on any atom is -0.324 e. The van der Waals surface area contributed by atoms with E-state index in [2.05, 4.69) is 9.97 Å². The van der Waals surface area contributed by atoms with Gasteiger partial charge in [0.15, 0.2) is 23.3 Å². The van der Waals surface area contributed by atoms with Crippen LogP contribution in [0.15, 0.2) is 97.1 Å². The summed E-state index contributed by atoms with van der Waals surface area (Å²) in [7, 11) is 0. The molecule has 0 unspecified atom stereocenters. The van der Waals surface area contributed by atoms with Crippen LogP contribution in [0, 0.1) is 0 Å². The van der Waals surface area contributed by atoms with Crippen LogP contribution in [-0.4, -0.2) is 46.2 Å². The fourth-order valence-electron chi connectivity index (χ4n) is 5.71. The van der Waals surface area contributed by atoms with Gasteiger partial charge in [0, 0.05) is 50.2 Å². The highest BCUT2D eigenvalue weighted by atomic mass is 16.1. The van der Waals surface area contributed by atoms with Gasteiger partial charge in [0.2, 0.25) is 0 Å². The highest BCUT2D eigenvalue weighted by Crippen LogP contribution is 2.36. The Balaban J connectivity index is 0.000000560. The monoisotopic (exact) mass is 586 g/mol. The lowest BCUT2D eigenvalue weighted by molar-refractivity contribution is -0.107. The van der Waals surface area contributed by atoms with Crippen molar-refractivity contribution in [2.24, 2.45) is 0 Å². The van der Waals surface area contributed by atoms with Crippen LogP contribution in [-0.2, 0) is 4.79 Å². The molecule has 0 saturated heterocycles. The summed E-state index contributed by atoms with van der Waals surface area (Å²) in [5, 5.41) is 3.82. The number of unbranched alkanes of at least 4 members (excludes halogenated alkanes) is 1. The Bertz CT molecular complexity index is 2120. The standard InChI is InChI=1S/C32H18N8.C4H8O/c1-2-10-18-17(9-1)25-33-26(18)38-28-21-13-5-6-14-22(21)30(35-28)40-32-24-16-8-7-15-23(24)31(36-32)39-29-20-12-4-3-11-19(20)27(34-29)37-25;1-2-3-4-5/h1-16H,(H2,33,34,35,36,37,38,39,40);4H,2-3H2,1H3. The molecule has 9 rings (SSSR count). The topological polar surface area (TPSA) is 126 Å². The van der Waals surface area contributed by atoms with Gasteiger partial charge in [-0.3, -0.25) is 0 Å². The second-order valence-electron chi connectivity index (χ2n) is 10.7. The van der Waals surface area contributed by atoms with E-state index in [-0.39, 0.29) is 0 Å². The summed E-state index contributed by atoms with van der Waals surface area (Å²) in [5.74, 6) is 2.39. The zero-order valence-electron chi connectivity index (χ0n) is 24.3. The van der Waals surface area contributed by atoms with Gasteiger partial charge in [0.1, 0.15) is 28.9 Å². The second-order valence-corrected chi connectivity index (χ2v) is 10.7. The van der Waals surface area contributed by atoms with Crippen LogP contribution in [0.1, 0.15) is 19.8 Å². The first-order valence-electron chi connectivity index (χ1n) is 14.8. The number of aromatic amines is 2. The molecule has 0 aliphatic carbocycles. The molecule has 3 aromatic heterocycles. The van der Waals surface area contributed by atoms with Gasteiger partial charge in [0.05, 0.1) is 0 Å². The van der Waals surface area contributed by atoms with Crippen LogP contribution in [0.3, 0.4) is 0 Å². The lowest BCUT2D eigenvalue weighted by Crippen LogP contribution is -1.82. The molecular formula is C36H26N8O. The SMILES string of the molecule is CCCC=O.c1ccc2c(c1)-c1nc-2nc2[nH]c(nc3nc(nc4[nH]c(n1)c1ccccc41)-c1ccccc1-3)c1ccccc21. The molecule has 45 heavy (non-hydrogen) atoms. The van der Waals surface area contributed by atoms with E-state index in [1.807, 2.05) is 104 Å². The van der Waals surface area contributed by atoms with Crippen molar-refractivity contribution in [2.45, 2.75) is 19.8 Å². The molecule has 2 aliphatic heterocycles. The molecule has 4 aromatic carbocycles. The van der Waals surface area contributed by atoms with Gasteiger partial charge in [0.25, 0.3) is 0 Å². The fourth-order valence-corrected chi connectivity index (χ4v) is 5.71. The van der Waals surface area contributed by atoms with E-state index in [9.17, 15) is 4.79 Å². The van der Waals surface area contributed by atoms with Crippen molar-refractivity contribution >= 4 is 50.4 Å². The molecule has 0 fully saturated rings. The molecule has 0 amide bonds. The zero-order valence-corrected chi connectivity index (χ0v) is 24.3. The minimum absolute atomic E-state index is 0.597. The maximum Gasteiger partial charge on any atom is 0.164 e. The first-order chi connectivity index (χ1) is 22.2. The van der Waals surface area contributed by atoms with E-state index in [0.717, 1.165) is 56.5 Å². The van der Waals surface area contributed by atoms with Crippen LogP contribution >= 0.6 is 0 Å². The van der Waals surface area contributed by atoms with Crippen molar-refractivity contribution in [3.05, 3.63) is 97.1 Å². The molecule has 2 N–H and O–H groups in total. The summed E-state index contributed by atoms with van der Waals surface area (Å²) in [5.41, 5.74) is 6.45. The van der Waals surface area contributed by atoms with Crippen LogP contribution in [0.4, 0.5) is 0 Å². The van der Waals surface area contributed by atoms with Crippen LogP contribution in [0.2, 0.25) is 0 Å². The number of aromatic nitrogens is 8. The minimum atomic E-state index is 0.597. The maximum absolute atomic E-state index is 9.40. The molecule has 0 saturated carbocycles. The molecule has 9 nitrogen and oxygen atoms in total. The number of nitrogens with one attached hydrogen (secondary N) is 2. The third kappa shape index (κ3) is 4.53. The van der Waals surface area contributed by atoms with Gasteiger partial charge in [-0.25, -0.2) is 29.9 Å². The maximum atomic E-state index is 9.40. The molecule has 7 aromatic rings. The highest BCUT2D eigenvalue weighted by Gasteiger charge is 2.21. The predicted octanol–water partition coefficient (Wildman–Crippen LogP) is 7.85. The smallest absolute Gasteiger partial charge is 0.164 e. The number of nitrogens with zero attached hydrogens (tertiary/aromatic N) is 6. The van der Waals surface area contributed by atoms with Gasteiger partial charge in [-0.05, 0) is 6.42 Å². The van der Waals surface area contributed by atoms with Crippen molar-refractivity contribution in [3.63, 3.8) is 0 Å². The number of carbonyl (C=O) groups is 1. The lowest BCUT2D eigenvalue weighted by atomic mass is 10.1. The van der Waals surface area contributed by atoms with E-state index >= 15 is 0 Å². The van der Waals surface area contributed by atoms with E-state index in [4.69, 9.17) is 29.9 Å². The Morgan fingerprint density at radius 1 is 0.467 bits per heavy atom. The molecule has 2 aliphatic rings. The van der Waals surface area contributed by atoms with Crippen molar-refractivity contribution in [1.82, 2.24) is 39.9 Å². The van der Waals surface area contributed by atoms with Gasteiger partial charge in [-0.1, -0.05) is 104 Å². The van der Waals surface area contributed by atoms with E-state index in [1.54, 1.807) is 0 Å². The highest BCUT2D eigenvalue weighted by molar-refractivity contribution is 6.06. The summed E-state index contributed by atoms with van der Waals surface area (Å²) in [6, 6.07) is 32.2. The number of H-pyrrole nitrogens is 2. The lowest BCUT2D eigenvalue weighted by Gasteiger charge is -1.96. The van der Waals surface area contributed by atoms with Crippen LogP contribution < -0.4 is 0 Å². The number of benzene rings is 4. The normalized spacial score (nSPS) is 11.5. The Morgan fingerprint density at radius 3 is 1.00 bits per heavy atom. The summed E-state index contributed by atoms with van der Waals surface area (Å²) in [4.78, 5) is 46.2. The summed E-state index contributed by atoms with van der Waals surface area (Å²) in [6.45, 7) is 1.98. The van der Waals surface area contributed by atoms with Gasteiger partial charge in [-0.2, -0.15) is 0 Å². The quantitative estimate of drug-likeness (QED) is 0.198. The molecular weight excluding hydrogens is 560 g/mol. The fraction of sp³-hybridized carbons (Fsp3) is 0.0833. The second kappa shape index (κ2) is 10.9. The first kappa shape index (κ1) is 26.5. The van der Waals surface area contributed by atoms with Crippen LogP contribution in [0.25, 0.3) is 89.7 Å². The molecule has 5 heterocycles. The largest absolute Gasteiger partial charge is 0.324 e. The Kier molecular flexibility index (Phi) is 6.41. The van der Waals surface area contributed by atoms with Gasteiger partial charge < -0.3 is 14.8 Å². The zero-order chi connectivity index (χ0) is 30.3. The van der Waals surface area contributed by atoms with E-state index in [1.165, 1.54) is 0 Å². The van der Waals surface area contributed by atoms with Crippen LogP contribution in [0.5, 0.6) is 0 Å². The summed E-state index contributed by atoms with van der Waals surface area (Å²) >= 11 is 0. The number of hydrogen-bond donors (Lipinski definition) is 2. The number of fused-ring (bicyclic) bond motifs is 20. The Hall–Kier alpha value is -6.09. The van der Waals surface area contributed by atoms with Gasteiger partial charge in [-0.15, -0.1) is 0 Å². The summed E-state index contributed by atoms with van der Waals surface area (Å²) < 4.78 is 0. The average Bonchev–Trinajstić information content (AvgIpc) is 3.81.